The van der Waals surface area contributed by atoms with Crippen molar-refractivity contribution >= 4 is 17.6 Å². The topological polar surface area (TPSA) is 48.4 Å². The van der Waals surface area contributed by atoms with Crippen molar-refractivity contribution in [2.24, 2.45) is 0 Å². The monoisotopic (exact) mass is 229 g/mol. The summed E-state index contributed by atoms with van der Waals surface area (Å²) in [6.07, 6.45) is 1.98. The third-order valence-electron chi connectivity index (χ3n) is 2.03. The van der Waals surface area contributed by atoms with E-state index >= 15 is 0 Å². The second kappa shape index (κ2) is 4.98. The standard InChI is InChI=1S/C10H12ClNO3/c1-4-6-8(10(13)15-3)7(11)5-12-9(6)14-2/h5H,4H2,1-3H3. The lowest BCUT2D eigenvalue weighted by Crippen LogP contribution is -2.09. The highest BCUT2D eigenvalue weighted by Crippen LogP contribution is 2.27. The van der Waals surface area contributed by atoms with Crippen LogP contribution in [0.15, 0.2) is 6.20 Å². The van der Waals surface area contributed by atoms with Gasteiger partial charge in [0.15, 0.2) is 0 Å². The van der Waals surface area contributed by atoms with Crippen molar-refractivity contribution in [1.82, 2.24) is 4.98 Å². The summed E-state index contributed by atoms with van der Waals surface area (Å²) in [5.74, 6) is -0.0696. The van der Waals surface area contributed by atoms with Crippen LogP contribution in [0.25, 0.3) is 0 Å². The van der Waals surface area contributed by atoms with Crippen molar-refractivity contribution in [3.63, 3.8) is 0 Å². The molecule has 1 heterocycles. The average molecular weight is 230 g/mol. The van der Waals surface area contributed by atoms with Gasteiger partial charge in [0.2, 0.25) is 5.88 Å². The lowest BCUT2D eigenvalue weighted by Gasteiger charge is -2.11. The number of methoxy groups -OCH3 is 2. The molecule has 0 unspecified atom stereocenters. The van der Waals surface area contributed by atoms with Crippen molar-refractivity contribution in [3.05, 3.63) is 22.3 Å². The molecule has 5 heteroatoms. The number of rotatable bonds is 3. The number of hydrogen-bond donors (Lipinski definition) is 0. The van der Waals surface area contributed by atoms with Crippen LogP contribution in [-0.2, 0) is 11.2 Å². The van der Waals surface area contributed by atoms with Crippen LogP contribution in [0.5, 0.6) is 5.88 Å². The van der Waals surface area contributed by atoms with Crippen LogP contribution in [0.2, 0.25) is 5.02 Å². The van der Waals surface area contributed by atoms with E-state index in [2.05, 4.69) is 9.72 Å². The molecule has 0 aliphatic heterocycles. The number of hydrogen-bond acceptors (Lipinski definition) is 4. The predicted molar refractivity (Wildman–Crippen MR) is 56.5 cm³/mol. The molecule has 0 radical (unpaired) electrons. The molecule has 82 valence electrons. The molecule has 0 N–H and O–H groups in total. The Balaban J connectivity index is 3.38. The maximum Gasteiger partial charge on any atom is 0.339 e. The van der Waals surface area contributed by atoms with Gasteiger partial charge in [-0.3, -0.25) is 0 Å². The van der Waals surface area contributed by atoms with E-state index in [9.17, 15) is 4.79 Å². The van der Waals surface area contributed by atoms with E-state index in [0.717, 1.165) is 0 Å². The number of carbonyl (C=O) groups is 1. The summed E-state index contributed by atoms with van der Waals surface area (Å²) < 4.78 is 9.70. The van der Waals surface area contributed by atoms with Gasteiger partial charge in [-0.05, 0) is 6.42 Å². The minimum atomic E-state index is -0.474. The van der Waals surface area contributed by atoms with E-state index in [1.165, 1.54) is 20.4 Å². The first-order chi connectivity index (χ1) is 7.15. The van der Waals surface area contributed by atoms with Gasteiger partial charge in [-0.1, -0.05) is 18.5 Å². The Morgan fingerprint density at radius 1 is 1.53 bits per heavy atom. The van der Waals surface area contributed by atoms with Gasteiger partial charge in [0.25, 0.3) is 0 Å². The highest BCUT2D eigenvalue weighted by atomic mass is 35.5. The van der Waals surface area contributed by atoms with E-state index in [-0.39, 0.29) is 5.02 Å². The Morgan fingerprint density at radius 2 is 2.20 bits per heavy atom. The number of halogens is 1. The van der Waals surface area contributed by atoms with E-state index in [1.54, 1.807) is 0 Å². The van der Waals surface area contributed by atoms with Crippen LogP contribution in [0.4, 0.5) is 0 Å². The molecule has 1 aromatic rings. The summed E-state index contributed by atoms with van der Waals surface area (Å²) >= 11 is 5.89. The zero-order valence-corrected chi connectivity index (χ0v) is 9.59. The van der Waals surface area contributed by atoms with Crippen LogP contribution < -0.4 is 4.74 Å². The van der Waals surface area contributed by atoms with E-state index in [4.69, 9.17) is 16.3 Å². The molecule has 0 fully saturated rings. The molecule has 0 atom stereocenters. The number of aromatic nitrogens is 1. The lowest BCUT2D eigenvalue weighted by molar-refractivity contribution is 0.0599. The molecule has 1 aromatic heterocycles. The SMILES string of the molecule is CCc1c(OC)ncc(Cl)c1C(=O)OC. The first-order valence-electron chi connectivity index (χ1n) is 4.45. The third kappa shape index (κ3) is 2.21. The zero-order chi connectivity index (χ0) is 11.4. The van der Waals surface area contributed by atoms with Gasteiger partial charge in [0.05, 0.1) is 31.0 Å². The fourth-order valence-corrected chi connectivity index (χ4v) is 1.58. The van der Waals surface area contributed by atoms with Gasteiger partial charge >= 0.3 is 5.97 Å². The Kier molecular flexibility index (Phi) is 3.91. The molecular formula is C10H12ClNO3. The summed E-state index contributed by atoms with van der Waals surface area (Å²) in [4.78, 5) is 15.5. The lowest BCUT2D eigenvalue weighted by atomic mass is 10.1. The third-order valence-corrected chi connectivity index (χ3v) is 2.32. The number of ether oxygens (including phenoxy) is 2. The average Bonchev–Trinajstić information content (AvgIpc) is 2.27. The van der Waals surface area contributed by atoms with Gasteiger partial charge in [-0.2, -0.15) is 0 Å². The molecule has 0 saturated carbocycles. The minimum Gasteiger partial charge on any atom is -0.481 e. The number of nitrogens with zero attached hydrogens (tertiary/aromatic N) is 1. The zero-order valence-electron chi connectivity index (χ0n) is 8.83. The van der Waals surface area contributed by atoms with Gasteiger partial charge in [0, 0.05) is 5.56 Å². The van der Waals surface area contributed by atoms with E-state index < -0.39 is 5.97 Å². The second-order valence-corrected chi connectivity index (χ2v) is 3.22. The smallest absolute Gasteiger partial charge is 0.339 e. The van der Waals surface area contributed by atoms with E-state index in [0.29, 0.717) is 23.4 Å². The number of pyridine rings is 1. The first-order valence-corrected chi connectivity index (χ1v) is 4.83. The summed E-state index contributed by atoms with van der Waals surface area (Å²) in [5, 5.41) is 0.277. The first kappa shape index (κ1) is 11.8. The van der Waals surface area contributed by atoms with Crippen molar-refractivity contribution < 1.29 is 14.3 Å². The van der Waals surface area contributed by atoms with Gasteiger partial charge < -0.3 is 9.47 Å². The molecule has 0 amide bonds. The van der Waals surface area contributed by atoms with Crippen LogP contribution >= 0.6 is 11.6 Å². The molecule has 0 saturated heterocycles. The fraction of sp³-hybridized carbons (Fsp3) is 0.400. The Hall–Kier alpha value is -1.29. The molecule has 4 nitrogen and oxygen atoms in total. The van der Waals surface area contributed by atoms with Crippen molar-refractivity contribution in [2.75, 3.05) is 14.2 Å². The summed E-state index contributed by atoms with van der Waals surface area (Å²) in [6.45, 7) is 1.89. The van der Waals surface area contributed by atoms with Gasteiger partial charge in [-0.15, -0.1) is 0 Å². The Morgan fingerprint density at radius 3 is 2.67 bits per heavy atom. The summed E-state index contributed by atoms with van der Waals surface area (Å²) in [5.41, 5.74) is 0.991. The predicted octanol–water partition coefficient (Wildman–Crippen LogP) is 2.09. The molecular weight excluding hydrogens is 218 g/mol. The van der Waals surface area contributed by atoms with Crippen molar-refractivity contribution in [3.8, 4) is 5.88 Å². The summed E-state index contributed by atoms with van der Waals surface area (Å²) in [7, 11) is 2.81. The van der Waals surface area contributed by atoms with Crippen LogP contribution in [-0.4, -0.2) is 25.2 Å². The fourth-order valence-electron chi connectivity index (χ4n) is 1.34. The molecule has 0 bridgehead atoms. The highest BCUT2D eigenvalue weighted by Gasteiger charge is 2.19. The maximum atomic E-state index is 11.5. The second-order valence-electron chi connectivity index (χ2n) is 2.81. The van der Waals surface area contributed by atoms with Gasteiger partial charge in [0.1, 0.15) is 0 Å². The van der Waals surface area contributed by atoms with Crippen molar-refractivity contribution in [2.45, 2.75) is 13.3 Å². The molecule has 1 rings (SSSR count). The van der Waals surface area contributed by atoms with Crippen molar-refractivity contribution in [1.29, 1.82) is 0 Å². The number of carbonyl (C=O) groups excluding carboxylic acids is 1. The highest BCUT2D eigenvalue weighted by molar-refractivity contribution is 6.33. The molecule has 0 aliphatic rings. The van der Waals surface area contributed by atoms with E-state index in [1.807, 2.05) is 6.92 Å². The Labute approximate surface area is 93.2 Å². The summed E-state index contributed by atoms with van der Waals surface area (Å²) in [6, 6.07) is 0. The molecule has 0 spiro atoms. The molecule has 0 aliphatic carbocycles. The Bertz CT molecular complexity index is 379. The molecule has 15 heavy (non-hydrogen) atoms. The van der Waals surface area contributed by atoms with Crippen LogP contribution in [0.3, 0.4) is 0 Å². The van der Waals surface area contributed by atoms with Gasteiger partial charge in [-0.25, -0.2) is 9.78 Å². The normalized spacial score (nSPS) is 9.87. The number of esters is 1. The minimum absolute atomic E-state index is 0.277. The largest absolute Gasteiger partial charge is 0.481 e. The molecule has 0 aromatic carbocycles. The quantitative estimate of drug-likeness (QED) is 0.745. The van der Waals surface area contributed by atoms with Crippen LogP contribution in [0.1, 0.15) is 22.8 Å². The maximum absolute atomic E-state index is 11.5. The van der Waals surface area contributed by atoms with Crippen LogP contribution in [0, 0.1) is 0 Å².